The van der Waals surface area contributed by atoms with E-state index < -0.39 is 0 Å². The molecule has 0 radical (unpaired) electrons. The van der Waals surface area contributed by atoms with Crippen molar-refractivity contribution in [2.75, 3.05) is 0 Å². The third-order valence-corrected chi connectivity index (χ3v) is 12.0. The Morgan fingerprint density at radius 2 is 1.08 bits per heavy atom. The second-order valence-corrected chi connectivity index (χ2v) is 17.1. The lowest BCUT2D eigenvalue weighted by Crippen LogP contribution is -2.16. The molecule has 7 aromatic rings. The molecule has 0 saturated carbocycles. The van der Waals surface area contributed by atoms with Crippen molar-refractivity contribution in [3.8, 4) is 33.4 Å². The van der Waals surface area contributed by atoms with Gasteiger partial charge in [-0.15, -0.1) is 0 Å². The van der Waals surface area contributed by atoms with Gasteiger partial charge in [-0.25, -0.2) is 0 Å². The monoisotopic (exact) mass is 833 g/mol. The van der Waals surface area contributed by atoms with Crippen LogP contribution in [-0.4, -0.2) is 5.71 Å². The van der Waals surface area contributed by atoms with Crippen LogP contribution in [0.2, 0.25) is 0 Å². The van der Waals surface area contributed by atoms with Crippen LogP contribution in [0.25, 0.3) is 66.1 Å². The third-order valence-electron chi connectivity index (χ3n) is 12.0. The highest BCUT2D eigenvalue weighted by Gasteiger charge is 2.35. The van der Waals surface area contributed by atoms with Crippen molar-refractivity contribution in [3.63, 3.8) is 0 Å². The second kappa shape index (κ2) is 21.3. The Kier molecular flexibility index (Phi) is 15.5. The van der Waals surface area contributed by atoms with E-state index >= 15 is 0 Å². The third kappa shape index (κ3) is 10.1. The van der Waals surface area contributed by atoms with Gasteiger partial charge in [0.05, 0.1) is 5.71 Å². The van der Waals surface area contributed by atoms with Crippen molar-refractivity contribution in [2.24, 2.45) is 5.92 Å². The number of fused-ring (bicyclic) bond motifs is 3. The van der Waals surface area contributed by atoms with E-state index in [1.54, 1.807) is 0 Å². The minimum atomic E-state index is -0.142. The molecule has 1 nitrogen and oxygen atoms in total. The molecule has 0 atom stereocenters. The first-order valence-electron chi connectivity index (χ1n) is 22.5. The molecule has 8 rings (SSSR count). The highest BCUT2D eigenvalue weighted by atomic mass is 14.4. The Balaban J connectivity index is 0.000000553. The maximum absolute atomic E-state index is 9.00. The van der Waals surface area contributed by atoms with Gasteiger partial charge in [-0.05, 0) is 139 Å². The molecule has 1 aliphatic rings. The average molecular weight is 834 g/mol. The zero-order valence-electron chi connectivity index (χ0n) is 38.9. The topological polar surface area (TPSA) is 23.9 Å². The minimum absolute atomic E-state index is 0.142. The Morgan fingerprint density at radius 1 is 0.578 bits per heavy atom. The maximum Gasteiger partial charge on any atom is 0.0612 e. The van der Waals surface area contributed by atoms with Crippen LogP contribution in [0.3, 0.4) is 0 Å². The number of hydrogen-bond donors (Lipinski definition) is 1. The van der Waals surface area contributed by atoms with Crippen LogP contribution in [0, 0.1) is 11.3 Å². The van der Waals surface area contributed by atoms with Crippen LogP contribution in [0.4, 0.5) is 0 Å². The van der Waals surface area contributed by atoms with Crippen LogP contribution in [0.5, 0.6) is 0 Å². The van der Waals surface area contributed by atoms with E-state index in [9.17, 15) is 0 Å². The molecule has 0 fully saturated rings. The largest absolute Gasteiger partial charge is 0.300 e. The zero-order chi connectivity index (χ0) is 45.8. The molecule has 1 N–H and O–H groups in total. The molecular weight excluding hydrogens is 771 g/mol. The Hall–Kier alpha value is -7.09. The van der Waals surface area contributed by atoms with Gasteiger partial charge < -0.3 is 5.41 Å². The summed E-state index contributed by atoms with van der Waals surface area (Å²) in [5.41, 5.74) is 15.1. The van der Waals surface area contributed by atoms with Gasteiger partial charge in [0.1, 0.15) is 0 Å². The zero-order valence-corrected chi connectivity index (χ0v) is 38.9. The van der Waals surface area contributed by atoms with Gasteiger partial charge in [-0.1, -0.05) is 229 Å². The highest BCUT2D eigenvalue weighted by Crippen LogP contribution is 2.48. The molecule has 0 amide bonds. The molecule has 1 aliphatic carbocycles. The van der Waals surface area contributed by atoms with Gasteiger partial charge >= 0.3 is 0 Å². The Bertz CT molecular complexity index is 2850. The van der Waals surface area contributed by atoms with Crippen molar-refractivity contribution < 1.29 is 0 Å². The maximum atomic E-state index is 9.00. The van der Waals surface area contributed by atoms with E-state index in [-0.39, 0.29) is 5.41 Å². The second-order valence-electron chi connectivity index (χ2n) is 17.1. The Morgan fingerprint density at radius 3 is 1.59 bits per heavy atom. The lowest BCUT2D eigenvalue weighted by Gasteiger charge is -2.23. The summed E-state index contributed by atoms with van der Waals surface area (Å²) >= 11 is 0. The van der Waals surface area contributed by atoms with E-state index in [4.69, 9.17) is 5.41 Å². The summed E-state index contributed by atoms with van der Waals surface area (Å²) in [7, 11) is 0. The number of allylic oxidation sites excluding steroid dienone is 11. The van der Waals surface area contributed by atoms with Crippen molar-refractivity contribution in [1.82, 2.24) is 0 Å². The summed E-state index contributed by atoms with van der Waals surface area (Å²) in [6.45, 7) is 27.7. The van der Waals surface area contributed by atoms with Gasteiger partial charge in [0.15, 0.2) is 0 Å². The lowest BCUT2D eigenvalue weighted by molar-refractivity contribution is 0.655. The summed E-state index contributed by atoms with van der Waals surface area (Å²) in [6, 6.07) is 51.6. The van der Waals surface area contributed by atoms with E-state index in [0.717, 1.165) is 50.1 Å². The van der Waals surface area contributed by atoms with Gasteiger partial charge in [-0.3, -0.25) is 0 Å². The summed E-state index contributed by atoms with van der Waals surface area (Å²) in [5.74, 6) is 0.816. The fourth-order valence-corrected chi connectivity index (χ4v) is 8.55. The lowest BCUT2D eigenvalue weighted by atomic mass is 9.80. The van der Waals surface area contributed by atoms with Gasteiger partial charge in [0, 0.05) is 5.41 Å². The SMILES string of the molecule is C/C=C\C.C/C=C\CC(C)C.C=CC1=C(C=C)C(C)(C)c2cc(-c3ccc(C(=N)/C=C\C(=C)c4c5ccccc5c(-c5ccc(-c6ccccc6)cc5)c5ccccc45)cc3)ccc21. The first kappa shape index (κ1) is 46.4. The number of hydrogen-bond acceptors (Lipinski definition) is 1. The molecule has 0 unspecified atom stereocenters. The summed E-state index contributed by atoms with van der Waals surface area (Å²) in [6.07, 6.45) is 17.3. The summed E-state index contributed by atoms with van der Waals surface area (Å²) < 4.78 is 0. The van der Waals surface area contributed by atoms with E-state index in [0.29, 0.717) is 5.71 Å². The summed E-state index contributed by atoms with van der Waals surface area (Å²) in [4.78, 5) is 0. The number of benzene rings is 7. The standard InChI is InChI=1S/C52H41N.C7H14.C4H8/c1-6-41-42-31-30-40(33-48(42)52(4,5)47(41)7-2)37-22-26-38(27-23-37)49(53)32-21-34(3)50-43-17-11-13-19-45(43)51(46-20-14-12-18-44(46)50)39-28-24-36(25-29-39)35-15-9-8-10-16-35;1-4-5-6-7(2)3;1-3-4-2/h6-33,53H,1-3H2,4-5H3;4-5,7H,6H2,1-3H3;3-4H,1-2H3/b32-21-,53-49?;5-4-;4-3-. The van der Waals surface area contributed by atoms with Gasteiger partial charge in [-0.2, -0.15) is 0 Å². The quantitative estimate of drug-likeness (QED) is 0.0581. The molecule has 0 bridgehead atoms. The van der Waals surface area contributed by atoms with Crippen molar-refractivity contribution in [2.45, 2.75) is 60.3 Å². The average Bonchev–Trinajstić information content (AvgIpc) is 3.56. The fourth-order valence-electron chi connectivity index (χ4n) is 8.55. The first-order chi connectivity index (χ1) is 31.0. The Labute approximate surface area is 383 Å². The van der Waals surface area contributed by atoms with Crippen LogP contribution in [-0.2, 0) is 5.41 Å². The van der Waals surface area contributed by atoms with E-state index in [2.05, 4.69) is 194 Å². The van der Waals surface area contributed by atoms with Crippen molar-refractivity contribution in [1.29, 1.82) is 5.41 Å². The molecule has 0 heterocycles. The van der Waals surface area contributed by atoms with Crippen LogP contribution in [0.15, 0.2) is 220 Å². The summed E-state index contributed by atoms with van der Waals surface area (Å²) in [5, 5.41) is 13.7. The number of nitrogens with one attached hydrogen (secondary N) is 1. The predicted octanol–water partition coefficient (Wildman–Crippen LogP) is 18.2. The van der Waals surface area contributed by atoms with Gasteiger partial charge in [0.25, 0.3) is 0 Å². The molecule has 320 valence electrons. The molecular formula is C63H63N. The molecule has 0 aromatic heterocycles. The number of rotatable bonds is 11. The molecule has 0 saturated heterocycles. The molecule has 0 spiro atoms. The van der Waals surface area contributed by atoms with Crippen LogP contribution >= 0.6 is 0 Å². The van der Waals surface area contributed by atoms with Crippen molar-refractivity contribution in [3.05, 3.63) is 242 Å². The van der Waals surface area contributed by atoms with Crippen LogP contribution < -0.4 is 0 Å². The van der Waals surface area contributed by atoms with Crippen molar-refractivity contribution >= 4 is 38.4 Å². The highest BCUT2D eigenvalue weighted by molar-refractivity contribution is 6.20. The first-order valence-corrected chi connectivity index (χ1v) is 22.5. The van der Waals surface area contributed by atoms with Crippen LogP contribution in [0.1, 0.15) is 77.1 Å². The predicted molar refractivity (Wildman–Crippen MR) is 284 cm³/mol. The molecule has 0 aliphatic heterocycles. The molecule has 1 heteroatoms. The van der Waals surface area contributed by atoms with E-state index in [1.165, 1.54) is 56.1 Å². The normalized spacial score (nSPS) is 12.9. The molecule has 64 heavy (non-hydrogen) atoms. The fraction of sp³-hybridized carbons (Fsp3) is 0.159. The van der Waals surface area contributed by atoms with Gasteiger partial charge in [0.2, 0.25) is 0 Å². The van der Waals surface area contributed by atoms with E-state index in [1.807, 2.05) is 68.5 Å². The minimum Gasteiger partial charge on any atom is -0.300 e. The molecule has 7 aromatic carbocycles. The smallest absolute Gasteiger partial charge is 0.0612 e.